The topological polar surface area (TPSA) is 31.9 Å². The monoisotopic (exact) mass is 309 g/mol. The maximum absolute atomic E-state index is 4.63. The van der Waals surface area contributed by atoms with Crippen LogP contribution in [0.3, 0.4) is 0 Å². The third-order valence-corrected chi connectivity index (χ3v) is 3.63. The van der Waals surface area contributed by atoms with Crippen molar-refractivity contribution in [3.8, 4) is 0 Å². The number of hydrogen-bond acceptors (Lipinski definition) is 2. The summed E-state index contributed by atoms with van der Waals surface area (Å²) >= 11 is 3.48. The minimum atomic E-state index is 0.906. The number of H-pyrrole nitrogens is 1. The van der Waals surface area contributed by atoms with E-state index in [0.717, 1.165) is 41.0 Å². The van der Waals surface area contributed by atoms with Gasteiger partial charge in [-0.15, -0.1) is 0 Å². The normalized spacial score (nSPS) is 11.6. The van der Waals surface area contributed by atoms with Gasteiger partial charge in [-0.05, 0) is 37.7 Å². The van der Waals surface area contributed by atoms with Crippen LogP contribution in [0.4, 0.5) is 0 Å². The molecule has 0 spiro atoms. The maximum atomic E-state index is 4.63. The van der Waals surface area contributed by atoms with Crippen LogP contribution in [0, 0.1) is 0 Å². The third-order valence-electron chi connectivity index (χ3n) is 3.14. The molecule has 0 saturated carbocycles. The van der Waals surface area contributed by atoms with Gasteiger partial charge in [0.05, 0.1) is 17.6 Å². The van der Waals surface area contributed by atoms with Gasteiger partial charge in [0.2, 0.25) is 0 Å². The van der Waals surface area contributed by atoms with E-state index in [9.17, 15) is 0 Å². The Morgan fingerprint density at radius 1 is 1.33 bits per heavy atom. The fourth-order valence-corrected chi connectivity index (χ4v) is 2.41. The van der Waals surface area contributed by atoms with Crippen molar-refractivity contribution in [2.75, 3.05) is 13.1 Å². The Kier molecular flexibility index (Phi) is 4.78. The number of halogens is 1. The number of fused-ring (bicyclic) bond motifs is 1. The zero-order valence-electron chi connectivity index (χ0n) is 11.0. The van der Waals surface area contributed by atoms with E-state index in [2.05, 4.69) is 50.7 Å². The van der Waals surface area contributed by atoms with Gasteiger partial charge in [-0.25, -0.2) is 4.98 Å². The van der Waals surface area contributed by atoms with Crippen molar-refractivity contribution in [2.24, 2.45) is 0 Å². The van der Waals surface area contributed by atoms with Crippen molar-refractivity contribution < 1.29 is 0 Å². The lowest BCUT2D eigenvalue weighted by Crippen LogP contribution is -2.24. The lowest BCUT2D eigenvalue weighted by molar-refractivity contribution is 0.269. The van der Waals surface area contributed by atoms with Crippen molar-refractivity contribution >= 4 is 27.0 Å². The predicted octanol–water partition coefficient (Wildman–Crippen LogP) is 3.95. The molecule has 2 aromatic rings. The molecule has 0 aliphatic heterocycles. The molecule has 0 saturated heterocycles. The molecule has 98 valence electrons. The Bertz CT molecular complexity index is 507. The zero-order chi connectivity index (χ0) is 13.0. The second-order valence-electron chi connectivity index (χ2n) is 4.57. The molecule has 3 nitrogen and oxygen atoms in total. The van der Waals surface area contributed by atoms with Crippen LogP contribution in [-0.2, 0) is 6.54 Å². The van der Waals surface area contributed by atoms with E-state index in [0.29, 0.717) is 0 Å². The summed E-state index contributed by atoms with van der Waals surface area (Å²) in [5, 5.41) is 0. The lowest BCUT2D eigenvalue weighted by atomic mass is 10.3. The summed E-state index contributed by atoms with van der Waals surface area (Å²) in [4.78, 5) is 10.5. The summed E-state index contributed by atoms with van der Waals surface area (Å²) in [7, 11) is 0. The number of nitrogens with one attached hydrogen (secondary N) is 1. The molecular formula is C14H20BrN3. The van der Waals surface area contributed by atoms with Crippen molar-refractivity contribution in [2.45, 2.75) is 33.2 Å². The van der Waals surface area contributed by atoms with Crippen LogP contribution in [0.15, 0.2) is 22.7 Å². The Morgan fingerprint density at radius 3 is 2.89 bits per heavy atom. The summed E-state index contributed by atoms with van der Waals surface area (Å²) < 4.78 is 1.09. The van der Waals surface area contributed by atoms with E-state index < -0.39 is 0 Å². The molecule has 1 heterocycles. The molecule has 0 unspecified atom stereocenters. The average Bonchev–Trinajstić information content (AvgIpc) is 2.75. The predicted molar refractivity (Wildman–Crippen MR) is 79.7 cm³/mol. The molecule has 1 aromatic carbocycles. The smallest absolute Gasteiger partial charge is 0.121 e. The highest BCUT2D eigenvalue weighted by Crippen LogP contribution is 2.18. The summed E-state index contributed by atoms with van der Waals surface area (Å²) in [5.41, 5.74) is 2.14. The van der Waals surface area contributed by atoms with Crippen LogP contribution in [0.2, 0.25) is 0 Å². The number of hydrogen-bond donors (Lipinski definition) is 1. The fourth-order valence-electron chi connectivity index (χ4n) is 2.05. The van der Waals surface area contributed by atoms with Crippen LogP contribution in [0.5, 0.6) is 0 Å². The van der Waals surface area contributed by atoms with Gasteiger partial charge in [0.15, 0.2) is 0 Å². The van der Waals surface area contributed by atoms with Crippen LogP contribution in [0.25, 0.3) is 11.0 Å². The highest BCUT2D eigenvalue weighted by atomic mass is 79.9. The first-order valence-electron chi connectivity index (χ1n) is 6.59. The first-order chi connectivity index (χ1) is 8.72. The summed E-state index contributed by atoms with van der Waals surface area (Å²) in [6.45, 7) is 7.55. The first kappa shape index (κ1) is 13.6. The Balaban J connectivity index is 2.10. The number of benzene rings is 1. The SMILES string of the molecule is CCCCN(CC)Cc1nc2ccc(Br)cc2[nH]1. The minimum Gasteiger partial charge on any atom is -0.341 e. The number of aromatic nitrogens is 2. The van der Waals surface area contributed by atoms with E-state index >= 15 is 0 Å². The minimum absolute atomic E-state index is 0.906. The third kappa shape index (κ3) is 3.33. The van der Waals surface area contributed by atoms with E-state index in [1.54, 1.807) is 0 Å². The number of unbranched alkanes of at least 4 members (excludes halogenated alkanes) is 1. The van der Waals surface area contributed by atoms with Crippen LogP contribution in [0.1, 0.15) is 32.5 Å². The van der Waals surface area contributed by atoms with Gasteiger partial charge in [0.1, 0.15) is 5.82 Å². The van der Waals surface area contributed by atoms with Gasteiger partial charge >= 0.3 is 0 Å². The van der Waals surface area contributed by atoms with Crippen molar-refractivity contribution in [1.29, 1.82) is 0 Å². The van der Waals surface area contributed by atoms with Crippen LogP contribution >= 0.6 is 15.9 Å². The standard InChI is InChI=1S/C14H20BrN3/c1-3-5-8-18(4-2)10-14-16-12-7-6-11(15)9-13(12)17-14/h6-7,9H,3-5,8,10H2,1-2H3,(H,16,17). The zero-order valence-corrected chi connectivity index (χ0v) is 12.6. The number of aromatic amines is 1. The number of rotatable bonds is 6. The molecule has 1 N–H and O–H groups in total. The van der Waals surface area contributed by atoms with Gasteiger partial charge in [0, 0.05) is 4.47 Å². The van der Waals surface area contributed by atoms with Gasteiger partial charge in [-0.2, -0.15) is 0 Å². The van der Waals surface area contributed by atoms with E-state index in [4.69, 9.17) is 0 Å². The number of nitrogens with zero attached hydrogens (tertiary/aromatic N) is 2. The van der Waals surface area contributed by atoms with Gasteiger partial charge in [-0.3, -0.25) is 4.90 Å². The molecule has 0 aliphatic carbocycles. The second-order valence-corrected chi connectivity index (χ2v) is 5.48. The second kappa shape index (κ2) is 6.34. The highest BCUT2D eigenvalue weighted by Gasteiger charge is 2.07. The van der Waals surface area contributed by atoms with Crippen LogP contribution < -0.4 is 0 Å². The highest BCUT2D eigenvalue weighted by molar-refractivity contribution is 9.10. The molecule has 1 aromatic heterocycles. The quantitative estimate of drug-likeness (QED) is 0.876. The fraction of sp³-hybridized carbons (Fsp3) is 0.500. The molecule has 0 radical (unpaired) electrons. The average molecular weight is 310 g/mol. The van der Waals surface area contributed by atoms with Crippen molar-refractivity contribution in [3.63, 3.8) is 0 Å². The van der Waals surface area contributed by atoms with Gasteiger partial charge in [0.25, 0.3) is 0 Å². The summed E-state index contributed by atoms with van der Waals surface area (Å²) in [6.07, 6.45) is 2.49. The Labute approximate surface area is 117 Å². The molecular weight excluding hydrogens is 290 g/mol. The molecule has 0 atom stereocenters. The lowest BCUT2D eigenvalue weighted by Gasteiger charge is -2.18. The molecule has 0 bridgehead atoms. The maximum Gasteiger partial charge on any atom is 0.121 e. The largest absolute Gasteiger partial charge is 0.341 e. The van der Waals surface area contributed by atoms with Crippen molar-refractivity contribution in [3.05, 3.63) is 28.5 Å². The molecule has 18 heavy (non-hydrogen) atoms. The van der Waals surface area contributed by atoms with Crippen LogP contribution in [-0.4, -0.2) is 28.0 Å². The van der Waals surface area contributed by atoms with Gasteiger partial charge < -0.3 is 4.98 Å². The van der Waals surface area contributed by atoms with E-state index in [1.807, 2.05) is 12.1 Å². The van der Waals surface area contributed by atoms with E-state index in [1.165, 1.54) is 12.8 Å². The van der Waals surface area contributed by atoms with Crippen molar-refractivity contribution in [1.82, 2.24) is 14.9 Å². The van der Waals surface area contributed by atoms with E-state index in [-0.39, 0.29) is 0 Å². The molecule has 2 rings (SSSR count). The molecule has 4 heteroatoms. The van der Waals surface area contributed by atoms with Gasteiger partial charge in [-0.1, -0.05) is 36.2 Å². The number of imidazole rings is 1. The first-order valence-corrected chi connectivity index (χ1v) is 7.38. The molecule has 0 aliphatic rings. The molecule has 0 fully saturated rings. The summed E-state index contributed by atoms with van der Waals surface area (Å²) in [5.74, 6) is 1.06. The summed E-state index contributed by atoms with van der Waals surface area (Å²) in [6, 6.07) is 6.15. The molecule has 0 amide bonds. The Morgan fingerprint density at radius 2 is 2.17 bits per heavy atom. The Hall–Kier alpha value is -0.870.